The highest BCUT2D eigenvalue weighted by Crippen LogP contribution is 2.15. The number of rotatable bonds is 4. The molecule has 0 radical (unpaired) electrons. The minimum Gasteiger partial charge on any atom is -0.508 e. The van der Waals surface area contributed by atoms with Crippen LogP contribution < -0.4 is 11.1 Å². The Morgan fingerprint density at radius 2 is 2.06 bits per heavy atom. The lowest BCUT2D eigenvalue weighted by molar-refractivity contribution is -0.126. The van der Waals surface area contributed by atoms with Crippen LogP contribution in [0.5, 0.6) is 5.75 Å². The van der Waals surface area contributed by atoms with Gasteiger partial charge in [-0.15, -0.1) is 0 Å². The molecule has 0 aliphatic rings. The fourth-order valence-corrected chi connectivity index (χ4v) is 1.42. The number of nitrogens with two attached hydrogens (primary N) is 1. The minimum absolute atomic E-state index is 0.0868. The molecule has 1 amide bonds. The Morgan fingerprint density at radius 1 is 1.50 bits per heavy atom. The van der Waals surface area contributed by atoms with E-state index in [0.717, 1.165) is 0 Å². The van der Waals surface area contributed by atoms with Gasteiger partial charge in [-0.2, -0.15) is 0 Å². The molecule has 0 aliphatic heterocycles. The van der Waals surface area contributed by atoms with Crippen molar-refractivity contribution in [2.45, 2.75) is 12.0 Å². The molecule has 4 N–H and O–H groups in total. The van der Waals surface area contributed by atoms with Crippen molar-refractivity contribution < 1.29 is 14.3 Å². The number of benzene rings is 1. The fraction of sp³-hybridized carbons (Fsp3) is 0.364. The number of aromatic hydroxyl groups is 1. The van der Waals surface area contributed by atoms with Crippen LogP contribution in [0.3, 0.4) is 0 Å². The van der Waals surface area contributed by atoms with Gasteiger partial charge in [-0.3, -0.25) is 4.79 Å². The van der Waals surface area contributed by atoms with Crippen LogP contribution in [0.25, 0.3) is 0 Å². The Morgan fingerprint density at radius 3 is 2.50 bits per heavy atom. The second-order valence-corrected chi connectivity index (χ2v) is 3.71. The molecule has 88 valence electrons. The van der Waals surface area contributed by atoms with Crippen LogP contribution in [-0.4, -0.2) is 30.3 Å². The monoisotopic (exact) mass is 226 g/mol. The van der Waals surface area contributed by atoms with Crippen LogP contribution in [0, 0.1) is 0 Å². The third-order valence-corrected chi connectivity index (χ3v) is 2.37. The third kappa shape index (κ3) is 2.70. The summed E-state index contributed by atoms with van der Waals surface area (Å²) in [6.45, 7) is -0.937. The van der Waals surface area contributed by atoms with E-state index in [9.17, 15) is 9.18 Å². The molecule has 1 aromatic rings. The summed E-state index contributed by atoms with van der Waals surface area (Å²) < 4.78 is 12.8. The average molecular weight is 226 g/mol. The van der Waals surface area contributed by atoms with E-state index in [1.54, 1.807) is 12.1 Å². The second kappa shape index (κ2) is 4.94. The van der Waals surface area contributed by atoms with Crippen LogP contribution in [0.2, 0.25) is 0 Å². The molecule has 1 rings (SSSR count). The number of likely N-dealkylation sites (N-methyl/N-ethyl adjacent to an activating group) is 1. The van der Waals surface area contributed by atoms with Crippen molar-refractivity contribution in [2.24, 2.45) is 5.73 Å². The molecule has 16 heavy (non-hydrogen) atoms. The van der Waals surface area contributed by atoms with E-state index in [-0.39, 0.29) is 12.2 Å². The Labute approximate surface area is 93.3 Å². The molecule has 4 nitrogen and oxygen atoms in total. The van der Waals surface area contributed by atoms with Crippen LogP contribution in [0.4, 0.5) is 4.39 Å². The van der Waals surface area contributed by atoms with E-state index in [4.69, 9.17) is 10.8 Å². The van der Waals surface area contributed by atoms with E-state index >= 15 is 0 Å². The zero-order valence-electron chi connectivity index (χ0n) is 9.03. The number of carbonyl (C=O) groups is 1. The molecule has 1 unspecified atom stereocenters. The van der Waals surface area contributed by atoms with E-state index < -0.39 is 18.1 Å². The van der Waals surface area contributed by atoms with Gasteiger partial charge in [0.25, 0.3) is 0 Å². The SMILES string of the molecule is CNC(=O)C(N)(CF)Cc1ccc(O)cc1. The normalized spacial score (nSPS) is 14.2. The van der Waals surface area contributed by atoms with Crippen molar-refractivity contribution in [1.29, 1.82) is 0 Å². The third-order valence-electron chi connectivity index (χ3n) is 2.37. The predicted molar refractivity (Wildman–Crippen MR) is 58.8 cm³/mol. The summed E-state index contributed by atoms with van der Waals surface area (Å²) >= 11 is 0. The second-order valence-electron chi connectivity index (χ2n) is 3.71. The molecule has 0 spiro atoms. The zero-order chi connectivity index (χ0) is 12.2. The average Bonchev–Trinajstić information content (AvgIpc) is 2.31. The number of hydrogen-bond donors (Lipinski definition) is 3. The van der Waals surface area contributed by atoms with Crippen LogP contribution >= 0.6 is 0 Å². The molecule has 1 aromatic carbocycles. The van der Waals surface area contributed by atoms with E-state index in [1.165, 1.54) is 19.2 Å². The van der Waals surface area contributed by atoms with Gasteiger partial charge in [0.1, 0.15) is 18.0 Å². The molecule has 0 saturated heterocycles. The summed E-state index contributed by atoms with van der Waals surface area (Å²) in [5.74, 6) is -0.422. The first kappa shape index (κ1) is 12.4. The Hall–Kier alpha value is -1.62. The van der Waals surface area contributed by atoms with Crippen molar-refractivity contribution in [3.63, 3.8) is 0 Å². The number of halogens is 1. The van der Waals surface area contributed by atoms with Crippen molar-refractivity contribution in [2.75, 3.05) is 13.7 Å². The number of phenolic OH excluding ortho intramolecular Hbond substituents is 1. The summed E-state index contributed by atoms with van der Waals surface area (Å²) in [6, 6.07) is 6.15. The first-order chi connectivity index (χ1) is 7.51. The van der Waals surface area contributed by atoms with E-state index in [0.29, 0.717) is 5.56 Å². The topological polar surface area (TPSA) is 75.4 Å². The maximum absolute atomic E-state index is 12.8. The molecule has 0 aliphatic carbocycles. The maximum atomic E-state index is 12.8. The van der Waals surface area contributed by atoms with Gasteiger partial charge < -0.3 is 16.2 Å². The lowest BCUT2D eigenvalue weighted by Gasteiger charge is -2.24. The van der Waals surface area contributed by atoms with Gasteiger partial charge in [0.2, 0.25) is 5.91 Å². The first-order valence-corrected chi connectivity index (χ1v) is 4.87. The van der Waals surface area contributed by atoms with Crippen LogP contribution in [0.1, 0.15) is 5.56 Å². The van der Waals surface area contributed by atoms with Crippen molar-refractivity contribution >= 4 is 5.91 Å². The highest BCUT2D eigenvalue weighted by Gasteiger charge is 2.33. The first-order valence-electron chi connectivity index (χ1n) is 4.87. The van der Waals surface area contributed by atoms with Crippen LogP contribution in [0.15, 0.2) is 24.3 Å². The highest BCUT2D eigenvalue weighted by atomic mass is 19.1. The van der Waals surface area contributed by atoms with Gasteiger partial charge in [-0.05, 0) is 17.7 Å². The van der Waals surface area contributed by atoms with Gasteiger partial charge in [0.15, 0.2) is 0 Å². The standard InChI is InChI=1S/C11H15FN2O2/c1-14-10(16)11(13,7-12)6-8-2-4-9(15)5-3-8/h2-5,15H,6-7,13H2,1H3,(H,14,16). The summed E-state index contributed by atoms with van der Waals surface area (Å²) in [7, 11) is 1.41. The Kier molecular flexibility index (Phi) is 3.84. The molecule has 5 heteroatoms. The molecule has 0 heterocycles. The lowest BCUT2D eigenvalue weighted by Crippen LogP contribution is -2.56. The lowest BCUT2D eigenvalue weighted by atomic mass is 9.92. The largest absolute Gasteiger partial charge is 0.508 e. The van der Waals surface area contributed by atoms with E-state index in [2.05, 4.69) is 5.32 Å². The smallest absolute Gasteiger partial charge is 0.242 e. The predicted octanol–water partition coefficient (Wildman–Crippen LogP) is 0.348. The molecular weight excluding hydrogens is 211 g/mol. The number of hydrogen-bond acceptors (Lipinski definition) is 3. The van der Waals surface area contributed by atoms with Gasteiger partial charge >= 0.3 is 0 Å². The highest BCUT2D eigenvalue weighted by molar-refractivity contribution is 5.86. The summed E-state index contributed by atoms with van der Waals surface area (Å²) in [5.41, 5.74) is 4.82. The van der Waals surface area contributed by atoms with Gasteiger partial charge in [0.05, 0.1) is 0 Å². The minimum atomic E-state index is -1.55. The van der Waals surface area contributed by atoms with Gasteiger partial charge in [-0.25, -0.2) is 4.39 Å². The molecule has 0 fully saturated rings. The molecule has 0 saturated carbocycles. The fourth-order valence-electron chi connectivity index (χ4n) is 1.42. The van der Waals surface area contributed by atoms with Crippen LogP contribution in [-0.2, 0) is 11.2 Å². The van der Waals surface area contributed by atoms with E-state index in [1.807, 2.05) is 0 Å². The number of carbonyl (C=O) groups excluding carboxylic acids is 1. The molecule has 0 bridgehead atoms. The Balaban J connectivity index is 2.84. The van der Waals surface area contributed by atoms with Crippen molar-refractivity contribution in [3.8, 4) is 5.75 Å². The number of alkyl halides is 1. The zero-order valence-corrected chi connectivity index (χ0v) is 9.03. The quantitative estimate of drug-likeness (QED) is 0.693. The Bertz CT molecular complexity index is 367. The van der Waals surface area contributed by atoms with Gasteiger partial charge in [0, 0.05) is 13.5 Å². The van der Waals surface area contributed by atoms with Crippen molar-refractivity contribution in [3.05, 3.63) is 29.8 Å². The molecular formula is C11H15FN2O2. The molecule has 1 atom stereocenters. The molecule has 0 aromatic heterocycles. The number of amides is 1. The summed E-state index contributed by atoms with van der Waals surface area (Å²) in [6.07, 6.45) is 0.0868. The maximum Gasteiger partial charge on any atom is 0.242 e. The number of phenols is 1. The summed E-state index contributed by atoms with van der Waals surface area (Å²) in [4.78, 5) is 11.4. The summed E-state index contributed by atoms with van der Waals surface area (Å²) in [5, 5.41) is 11.4. The van der Waals surface area contributed by atoms with Gasteiger partial charge in [-0.1, -0.05) is 12.1 Å². The number of nitrogens with one attached hydrogen (secondary N) is 1. The van der Waals surface area contributed by atoms with Crippen molar-refractivity contribution in [1.82, 2.24) is 5.32 Å².